The third-order valence-corrected chi connectivity index (χ3v) is 5.00. The average Bonchev–Trinajstić information content (AvgIpc) is 2.85. The zero-order valence-electron chi connectivity index (χ0n) is 10.1. The van der Waals surface area contributed by atoms with Gasteiger partial charge in [-0.05, 0) is 58.3 Å². The second kappa shape index (κ2) is 5.21. The van der Waals surface area contributed by atoms with Crippen LogP contribution in [0.15, 0.2) is 28.1 Å². The molecule has 1 aromatic heterocycles. The molecular weight excluding hydrogens is 332 g/mol. The molecule has 0 fully saturated rings. The van der Waals surface area contributed by atoms with Crippen molar-refractivity contribution in [3.63, 3.8) is 0 Å². The van der Waals surface area contributed by atoms with Gasteiger partial charge in [-0.1, -0.05) is 0 Å². The van der Waals surface area contributed by atoms with Gasteiger partial charge in [0.2, 0.25) is 0 Å². The Labute approximate surface area is 122 Å². The fourth-order valence-electron chi connectivity index (χ4n) is 2.46. The monoisotopic (exact) mass is 343 g/mol. The van der Waals surface area contributed by atoms with Gasteiger partial charge < -0.3 is 5.32 Å². The number of benzene rings is 1. The Morgan fingerprint density at radius 3 is 2.95 bits per heavy atom. The first kappa shape index (κ1) is 13.1. The van der Waals surface area contributed by atoms with E-state index < -0.39 is 11.6 Å². The lowest BCUT2D eigenvalue weighted by atomic mass is 9.94. The van der Waals surface area contributed by atoms with E-state index in [1.54, 1.807) is 11.3 Å². The minimum atomic E-state index is -0.581. The molecule has 3 rings (SSSR count). The van der Waals surface area contributed by atoms with Crippen molar-refractivity contribution in [1.82, 2.24) is 0 Å². The molecule has 1 aromatic carbocycles. The summed E-state index contributed by atoms with van der Waals surface area (Å²) in [5.41, 5.74) is 1.59. The molecule has 0 saturated heterocycles. The Hall–Kier alpha value is -0.940. The maximum atomic E-state index is 13.8. The number of hydrogen-bond donors (Lipinski definition) is 1. The summed E-state index contributed by atoms with van der Waals surface area (Å²) in [6, 6.07) is 4.57. The summed E-state index contributed by atoms with van der Waals surface area (Å²) in [5.74, 6) is -1.13. The Bertz CT molecular complexity index is 611. The summed E-state index contributed by atoms with van der Waals surface area (Å²) in [7, 11) is 0. The number of thiophene rings is 1. The average molecular weight is 344 g/mol. The lowest BCUT2D eigenvalue weighted by Gasteiger charge is -2.25. The van der Waals surface area contributed by atoms with E-state index >= 15 is 0 Å². The Kier molecular flexibility index (Phi) is 3.58. The smallest absolute Gasteiger partial charge is 0.149 e. The van der Waals surface area contributed by atoms with Gasteiger partial charge in [-0.2, -0.15) is 0 Å². The van der Waals surface area contributed by atoms with Crippen molar-refractivity contribution in [2.75, 3.05) is 5.32 Å². The fourth-order valence-corrected chi connectivity index (χ4v) is 3.79. The van der Waals surface area contributed by atoms with E-state index in [-0.39, 0.29) is 10.5 Å². The summed E-state index contributed by atoms with van der Waals surface area (Å²) in [4.78, 5) is 1.37. The summed E-state index contributed by atoms with van der Waals surface area (Å²) >= 11 is 4.84. The number of aryl methyl sites for hydroxylation is 1. The van der Waals surface area contributed by atoms with E-state index in [9.17, 15) is 8.78 Å². The molecule has 0 aliphatic heterocycles. The van der Waals surface area contributed by atoms with Crippen LogP contribution in [0.25, 0.3) is 0 Å². The predicted molar refractivity (Wildman–Crippen MR) is 77.7 cm³/mol. The maximum absolute atomic E-state index is 13.8. The molecule has 0 bridgehead atoms. The Balaban J connectivity index is 1.89. The topological polar surface area (TPSA) is 12.0 Å². The van der Waals surface area contributed by atoms with Gasteiger partial charge >= 0.3 is 0 Å². The van der Waals surface area contributed by atoms with Crippen LogP contribution >= 0.6 is 27.3 Å². The first-order valence-electron chi connectivity index (χ1n) is 6.12. The highest BCUT2D eigenvalue weighted by Gasteiger charge is 2.22. The highest BCUT2D eigenvalue weighted by atomic mass is 79.9. The van der Waals surface area contributed by atoms with Crippen LogP contribution in [0.4, 0.5) is 14.5 Å². The lowest BCUT2D eigenvalue weighted by Crippen LogP contribution is -2.16. The molecule has 1 aliphatic carbocycles. The molecule has 1 N–H and O–H groups in total. The third kappa shape index (κ3) is 2.54. The molecule has 1 unspecified atom stereocenters. The highest BCUT2D eigenvalue weighted by molar-refractivity contribution is 9.10. The van der Waals surface area contributed by atoms with Crippen molar-refractivity contribution in [3.8, 4) is 0 Å². The van der Waals surface area contributed by atoms with Gasteiger partial charge in [-0.25, -0.2) is 8.78 Å². The summed E-state index contributed by atoms with van der Waals surface area (Å²) in [6.45, 7) is 0. The van der Waals surface area contributed by atoms with Crippen molar-refractivity contribution in [2.45, 2.75) is 25.3 Å². The molecule has 2 aromatic rings. The van der Waals surface area contributed by atoms with Gasteiger partial charge in [0, 0.05) is 10.9 Å². The van der Waals surface area contributed by atoms with Gasteiger partial charge in [0.1, 0.15) is 11.6 Å². The second-order valence-electron chi connectivity index (χ2n) is 4.63. The first-order chi connectivity index (χ1) is 9.15. The molecule has 1 heterocycles. The van der Waals surface area contributed by atoms with Crippen molar-refractivity contribution >= 4 is 33.0 Å². The van der Waals surface area contributed by atoms with E-state index in [0.29, 0.717) is 5.69 Å². The molecule has 1 atom stereocenters. The molecule has 1 nitrogen and oxygen atoms in total. The van der Waals surface area contributed by atoms with E-state index in [4.69, 9.17) is 0 Å². The predicted octanol–water partition coefficient (Wildman–Crippen LogP) is 5.28. The third-order valence-electron chi connectivity index (χ3n) is 3.39. The molecule has 0 radical (unpaired) electrons. The number of halogens is 3. The van der Waals surface area contributed by atoms with E-state index in [1.165, 1.54) is 16.5 Å². The van der Waals surface area contributed by atoms with Gasteiger partial charge in [0.05, 0.1) is 16.2 Å². The Morgan fingerprint density at radius 1 is 1.26 bits per heavy atom. The van der Waals surface area contributed by atoms with Crippen LogP contribution in [-0.2, 0) is 6.42 Å². The maximum Gasteiger partial charge on any atom is 0.149 e. The molecule has 1 aliphatic rings. The van der Waals surface area contributed by atoms with Crippen LogP contribution in [0.3, 0.4) is 0 Å². The van der Waals surface area contributed by atoms with Crippen LogP contribution in [-0.4, -0.2) is 0 Å². The van der Waals surface area contributed by atoms with E-state index in [0.717, 1.165) is 25.3 Å². The number of fused-ring (bicyclic) bond motifs is 1. The van der Waals surface area contributed by atoms with Gasteiger partial charge in [-0.15, -0.1) is 11.3 Å². The highest BCUT2D eigenvalue weighted by Crippen LogP contribution is 2.36. The SMILES string of the molecule is Fc1cc(F)c(NC2CCCc3sccc32)cc1Br. The zero-order chi connectivity index (χ0) is 13.4. The van der Waals surface area contributed by atoms with E-state index in [2.05, 4.69) is 32.7 Å². The van der Waals surface area contributed by atoms with Gasteiger partial charge in [-0.3, -0.25) is 0 Å². The largest absolute Gasteiger partial charge is 0.376 e. The molecule has 0 spiro atoms. The molecule has 100 valence electrons. The van der Waals surface area contributed by atoms with Gasteiger partial charge in [0.15, 0.2) is 0 Å². The van der Waals surface area contributed by atoms with Crippen LogP contribution in [0.5, 0.6) is 0 Å². The number of rotatable bonds is 2. The number of anilines is 1. The number of hydrogen-bond acceptors (Lipinski definition) is 2. The van der Waals surface area contributed by atoms with Crippen LogP contribution < -0.4 is 5.32 Å². The summed E-state index contributed by atoms with van der Waals surface area (Å²) in [5, 5.41) is 5.27. The second-order valence-corrected chi connectivity index (χ2v) is 6.49. The molecule has 0 amide bonds. The van der Waals surface area contributed by atoms with Crippen molar-refractivity contribution < 1.29 is 8.78 Å². The standard InChI is InChI=1S/C14H12BrF2NS/c15-9-6-13(11(17)7-10(9)16)18-12-2-1-3-14-8(12)4-5-19-14/h4-7,12,18H,1-3H2. The number of nitrogens with one attached hydrogen (secondary N) is 1. The molecule has 5 heteroatoms. The van der Waals surface area contributed by atoms with Crippen LogP contribution in [0.2, 0.25) is 0 Å². The van der Waals surface area contributed by atoms with Crippen molar-refractivity contribution in [1.29, 1.82) is 0 Å². The summed E-state index contributed by atoms with van der Waals surface area (Å²) in [6.07, 6.45) is 3.16. The lowest BCUT2D eigenvalue weighted by molar-refractivity contribution is 0.570. The first-order valence-corrected chi connectivity index (χ1v) is 7.80. The van der Waals surface area contributed by atoms with Crippen LogP contribution in [0.1, 0.15) is 29.3 Å². The normalized spacial score (nSPS) is 18.2. The Morgan fingerprint density at radius 2 is 2.11 bits per heavy atom. The quantitative estimate of drug-likeness (QED) is 0.731. The van der Waals surface area contributed by atoms with Crippen LogP contribution in [0, 0.1) is 11.6 Å². The summed E-state index contributed by atoms with van der Waals surface area (Å²) < 4.78 is 27.3. The molecule has 0 saturated carbocycles. The minimum absolute atomic E-state index is 0.113. The van der Waals surface area contributed by atoms with Crippen molar-refractivity contribution in [3.05, 3.63) is 50.1 Å². The van der Waals surface area contributed by atoms with Crippen molar-refractivity contribution in [2.24, 2.45) is 0 Å². The zero-order valence-corrected chi connectivity index (χ0v) is 12.5. The fraction of sp³-hybridized carbons (Fsp3) is 0.286. The molecule has 19 heavy (non-hydrogen) atoms. The molecular formula is C14H12BrF2NS. The minimum Gasteiger partial charge on any atom is -0.376 e. The van der Waals surface area contributed by atoms with Gasteiger partial charge in [0.25, 0.3) is 0 Å². The van der Waals surface area contributed by atoms with E-state index in [1.807, 2.05) is 0 Å².